The number of aromatic nitrogens is 1. The summed E-state index contributed by atoms with van der Waals surface area (Å²) in [7, 11) is 0. The number of hydrogen-bond acceptors (Lipinski definition) is 3. The molecule has 2 amide bonds. The van der Waals surface area contributed by atoms with Gasteiger partial charge in [0.1, 0.15) is 5.75 Å². The molecule has 0 atom stereocenters. The van der Waals surface area contributed by atoms with Crippen LogP contribution >= 0.6 is 0 Å². The van der Waals surface area contributed by atoms with Gasteiger partial charge < -0.3 is 20.4 Å². The summed E-state index contributed by atoms with van der Waals surface area (Å²) in [4.78, 5) is 27.8. The maximum atomic E-state index is 12.3. The maximum absolute atomic E-state index is 12.3. The highest BCUT2D eigenvalue weighted by molar-refractivity contribution is 6.39. The number of benzene rings is 3. The fourth-order valence-corrected chi connectivity index (χ4v) is 3.18. The topological polar surface area (TPSA) is 83.2 Å². The summed E-state index contributed by atoms with van der Waals surface area (Å²) in [6.45, 7) is 0.357. The van der Waals surface area contributed by atoms with Gasteiger partial charge in [0.05, 0.1) is 5.69 Å². The molecule has 0 saturated heterocycles. The van der Waals surface area contributed by atoms with Gasteiger partial charge in [-0.25, -0.2) is 0 Å². The van der Waals surface area contributed by atoms with Gasteiger partial charge in [-0.2, -0.15) is 0 Å². The van der Waals surface area contributed by atoms with Crippen LogP contribution in [0.1, 0.15) is 5.56 Å². The van der Waals surface area contributed by atoms with Gasteiger partial charge in [-0.1, -0.05) is 48.5 Å². The second kappa shape index (κ2) is 8.96. The second-order valence-corrected chi connectivity index (χ2v) is 6.73. The van der Waals surface area contributed by atoms with Crippen molar-refractivity contribution in [3.05, 3.63) is 90.6 Å². The molecule has 150 valence electrons. The molecule has 0 aliphatic carbocycles. The third-order valence-electron chi connectivity index (χ3n) is 4.67. The lowest BCUT2D eigenvalue weighted by atomic mass is 10.1. The van der Waals surface area contributed by atoms with Crippen LogP contribution in [0.15, 0.2) is 85.1 Å². The lowest BCUT2D eigenvalue weighted by Gasteiger charge is -2.12. The molecular weight excluding hydrogens is 378 g/mol. The van der Waals surface area contributed by atoms with Crippen LogP contribution in [0.3, 0.4) is 0 Å². The van der Waals surface area contributed by atoms with E-state index in [1.807, 2.05) is 60.8 Å². The van der Waals surface area contributed by atoms with Crippen molar-refractivity contribution in [3.63, 3.8) is 0 Å². The fourth-order valence-electron chi connectivity index (χ4n) is 3.18. The van der Waals surface area contributed by atoms with E-state index in [1.54, 1.807) is 24.3 Å². The molecule has 1 heterocycles. The summed E-state index contributed by atoms with van der Waals surface area (Å²) in [5.74, 6) is -0.326. The first kappa shape index (κ1) is 19.3. The Morgan fingerprint density at radius 3 is 2.43 bits per heavy atom. The Hall–Kier alpha value is -4.06. The normalized spacial score (nSPS) is 10.5. The smallest absolute Gasteiger partial charge is 0.313 e. The van der Waals surface area contributed by atoms with E-state index in [0.717, 1.165) is 16.5 Å². The van der Waals surface area contributed by atoms with Gasteiger partial charge in [-0.05, 0) is 42.3 Å². The Labute approximate surface area is 173 Å². The molecule has 1 aromatic heterocycles. The van der Waals surface area contributed by atoms with Crippen molar-refractivity contribution >= 4 is 28.4 Å². The van der Waals surface area contributed by atoms with E-state index in [9.17, 15) is 9.59 Å². The average Bonchev–Trinajstić information content (AvgIpc) is 3.19. The Kier molecular flexibility index (Phi) is 5.75. The van der Waals surface area contributed by atoms with E-state index in [1.165, 1.54) is 0 Å². The zero-order chi connectivity index (χ0) is 20.8. The number of nitrogens with one attached hydrogen (secondary N) is 3. The van der Waals surface area contributed by atoms with Crippen molar-refractivity contribution < 1.29 is 14.3 Å². The van der Waals surface area contributed by atoms with Crippen molar-refractivity contribution in [3.8, 4) is 11.5 Å². The van der Waals surface area contributed by atoms with Crippen molar-refractivity contribution in [2.24, 2.45) is 0 Å². The van der Waals surface area contributed by atoms with E-state index in [-0.39, 0.29) is 0 Å². The van der Waals surface area contributed by atoms with Crippen LogP contribution in [0.25, 0.3) is 10.9 Å². The van der Waals surface area contributed by atoms with Crippen LogP contribution in [0.2, 0.25) is 0 Å². The molecule has 0 fully saturated rings. The Morgan fingerprint density at radius 2 is 1.57 bits per heavy atom. The van der Waals surface area contributed by atoms with E-state index in [2.05, 4.69) is 15.6 Å². The van der Waals surface area contributed by atoms with Crippen molar-refractivity contribution in [1.29, 1.82) is 0 Å². The zero-order valence-electron chi connectivity index (χ0n) is 16.2. The van der Waals surface area contributed by atoms with Crippen molar-refractivity contribution in [2.45, 2.75) is 6.42 Å². The first-order chi connectivity index (χ1) is 14.7. The van der Waals surface area contributed by atoms with Crippen molar-refractivity contribution in [1.82, 2.24) is 10.3 Å². The van der Waals surface area contributed by atoms with Crippen LogP contribution in [-0.4, -0.2) is 23.3 Å². The molecule has 30 heavy (non-hydrogen) atoms. The molecule has 6 heteroatoms. The molecular formula is C24H21N3O3. The number of ether oxygens (including phenoxy) is 1. The highest BCUT2D eigenvalue weighted by atomic mass is 16.5. The lowest BCUT2D eigenvalue weighted by molar-refractivity contribution is -0.136. The predicted octanol–water partition coefficient (Wildman–Crippen LogP) is 4.26. The number of amides is 2. The first-order valence-electron chi connectivity index (χ1n) is 9.67. The molecule has 4 aromatic rings. The van der Waals surface area contributed by atoms with Gasteiger partial charge in [0.2, 0.25) is 0 Å². The summed E-state index contributed by atoms with van der Waals surface area (Å²) in [5.41, 5.74) is 2.57. The quantitative estimate of drug-likeness (QED) is 0.424. The zero-order valence-corrected chi connectivity index (χ0v) is 16.2. The lowest BCUT2D eigenvalue weighted by Crippen LogP contribution is -2.36. The van der Waals surface area contributed by atoms with E-state index >= 15 is 0 Å². The third-order valence-corrected chi connectivity index (χ3v) is 4.67. The molecule has 4 rings (SSSR count). The Morgan fingerprint density at radius 1 is 0.833 bits per heavy atom. The van der Waals surface area contributed by atoms with Gasteiger partial charge in [0, 0.05) is 23.6 Å². The second-order valence-electron chi connectivity index (χ2n) is 6.73. The van der Waals surface area contributed by atoms with E-state index in [4.69, 9.17) is 4.74 Å². The Bertz CT molecular complexity index is 1170. The van der Waals surface area contributed by atoms with Gasteiger partial charge in [-0.15, -0.1) is 0 Å². The standard InChI is InChI=1S/C24H21N3O3/c28-23(25-15-14-17-16-26-20-11-5-4-10-19(17)20)24(29)27-21-12-6-7-13-22(21)30-18-8-2-1-3-9-18/h1-13,16,26H,14-15H2,(H,25,28)(H,27,29). The number of aromatic amines is 1. The monoisotopic (exact) mass is 399 g/mol. The van der Waals surface area contributed by atoms with Crippen LogP contribution in [0.4, 0.5) is 5.69 Å². The highest BCUT2D eigenvalue weighted by Gasteiger charge is 2.16. The number of para-hydroxylation sites is 4. The van der Waals surface area contributed by atoms with E-state index in [0.29, 0.717) is 30.2 Å². The van der Waals surface area contributed by atoms with Crippen LogP contribution in [-0.2, 0) is 16.0 Å². The number of hydrogen-bond donors (Lipinski definition) is 3. The first-order valence-corrected chi connectivity index (χ1v) is 9.67. The largest absolute Gasteiger partial charge is 0.455 e. The average molecular weight is 399 g/mol. The number of rotatable bonds is 6. The molecule has 6 nitrogen and oxygen atoms in total. The number of carbonyl (C=O) groups excluding carboxylic acids is 2. The van der Waals surface area contributed by atoms with Gasteiger partial charge in [-0.3, -0.25) is 9.59 Å². The number of anilines is 1. The minimum Gasteiger partial charge on any atom is -0.455 e. The number of H-pyrrole nitrogens is 1. The summed E-state index contributed by atoms with van der Waals surface area (Å²) in [5, 5.41) is 6.40. The van der Waals surface area contributed by atoms with Crippen LogP contribution in [0, 0.1) is 0 Å². The fraction of sp³-hybridized carbons (Fsp3) is 0.0833. The summed E-state index contributed by atoms with van der Waals surface area (Å²) < 4.78 is 5.81. The molecule has 0 bridgehead atoms. The third kappa shape index (κ3) is 4.50. The minimum absolute atomic E-state index is 0.357. The summed E-state index contributed by atoms with van der Waals surface area (Å²) in [6, 6.07) is 24.2. The molecule has 0 unspecified atom stereocenters. The predicted molar refractivity (Wildman–Crippen MR) is 117 cm³/mol. The minimum atomic E-state index is -0.738. The molecule has 0 aliphatic heterocycles. The highest BCUT2D eigenvalue weighted by Crippen LogP contribution is 2.29. The summed E-state index contributed by atoms with van der Waals surface area (Å²) >= 11 is 0. The van der Waals surface area contributed by atoms with Crippen molar-refractivity contribution in [2.75, 3.05) is 11.9 Å². The molecule has 3 N–H and O–H groups in total. The van der Waals surface area contributed by atoms with Gasteiger partial charge >= 0.3 is 11.8 Å². The maximum Gasteiger partial charge on any atom is 0.313 e. The molecule has 0 radical (unpaired) electrons. The molecule has 0 spiro atoms. The molecule has 0 saturated carbocycles. The molecule has 3 aromatic carbocycles. The summed E-state index contributed by atoms with van der Waals surface area (Å²) in [6.07, 6.45) is 2.55. The SMILES string of the molecule is O=C(NCCc1c[nH]c2ccccc12)C(=O)Nc1ccccc1Oc1ccccc1. The van der Waals surface area contributed by atoms with Crippen LogP contribution in [0.5, 0.6) is 11.5 Å². The number of fused-ring (bicyclic) bond motifs is 1. The van der Waals surface area contributed by atoms with Gasteiger partial charge in [0.15, 0.2) is 5.75 Å². The van der Waals surface area contributed by atoms with Crippen LogP contribution < -0.4 is 15.4 Å². The van der Waals surface area contributed by atoms with Gasteiger partial charge in [0.25, 0.3) is 0 Å². The Balaban J connectivity index is 1.34. The molecule has 0 aliphatic rings. The van der Waals surface area contributed by atoms with E-state index < -0.39 is 11.8 Å². The number of carbonyl (C=O) groups is 2.